The van der Waals surface area contributed by atoms with Gasteiger partial charge in [-0.15, -0.1) is 0 Å². The number of carboxylic acids is 1. The number of aliphatic carboxylic acids is 1. The molecule has 0 radical (unpaired) electrons. The van der Waals surface area contributed by atoms with Crippen molar-refractivity contribution in [1.29, 1.82) is 0 Å². The zero-order valence-corrected chi connectivity index (χ0v) is 14.4. The zero-order chi connectivity index (χ0) is 18.2. The maximum atomic E-state index is 12.8. The lowest BCUT2D eigenvalue weighted by molar-refractivity contribution is -0.137. The van der Waals surface area contributed by atoms with Crippen molar-refractivity contribution in [2.24, 2.45) is 0 Å². The highest BCUT2D eigenvalue weighted by Gasteiger charge is 2.36. The Morgan fingerprint density at radius 3 is 2.56 bits per heavy atom. The van der Waals surface area contributed by atoms with Gasteiger partial charge in [-0.25, -0.2) is 8.42 Å². The molecule has 1 unspecified atom stereocenters. The normalized spacial score (nSPS) is 16.0. The Kier molecular flexibility index (Phi) is 4.38. The molecule has 0 saturated heterocycles. The van der Waals surface area contributed by atoms with Crippen LogP contribution in [0.2, 0.25) is 0 Å². The number of sulfonamides is 1. The molecule has 132 valence electrons. The fourth-order valence-corrected chi connectivity index (χ4v) is 4.66. The minimum absolute atomic E-state index is 0.0613. The summed E-state index contributed by atoms with van der Waals surface area (Å²) in [6.45, 7) is 1.35. The summed E-state index contributed by atoms with van der Waals surface area (Å²) < 4.78 is 26.6. The van der Waals surface area contributed by atoms with Gasteiger partial charge in [0.25, 0.3) is 10.0 Å². The summed E-state index contributed by atoms with van der Waals surface area (Å²) in [5.41, 5.74) is 0.487. The maximum absolute atomic E-state index is 12.8. The van der Waals surface area contributed by atoms with Gasteiger partial charge in [0.05, 0.1) is 10.6 Å². The standard InChI is InChI=1S/C17H18N2O5S/c1-11(8-9-16(21)22)18-15(20)10-19-13-6-2-4-12-5-3-7-14(17(12)13)25(19,23)24/h2-7,11H,8-10H2,1H3,(H,18,20)(H,21,22). The van der Waals surface area contributed by atoms with Crippen LogP contribution in [0.1, 0.15) is 19.8 Å². The highest BCUT2D eigenvalue weighted by Crippen LogP contribution is 2.41. The second kappa shape index (κ2) is 6.36. The minimum Gasteiger partial charge on any atom is -0.481 e. The molecule has 0 fully saturated rings. The first-order valence-corrected chi connectivity index (χ1v) is 9.30. The van der Waals surface area contributed by atoms with E-state index in [9.17, 15) is 18.0 Å². The molecule has 2 aromatic rings. The van der Waals surface area contributed by atoms with Crippen molar-refractivity contribution in [1.82, 2.24) is 5.32 Å². The molecular formula is C17H18N2O5S. The smallest absolute Gasteiger partial charge is 0.303 e. The van der Waals surface area contributed by atoms with Gasteiger partial charge in [-0.05, 0) is 30.9 Å². The van der Waals surface area contributed by atoms with Gasteiger partial charge in [0, 0.05) is 17.8 Å². The third-order valence-electron chi connectivity index (χ3n) is 4.17. The molecule has 0 aliphatic carbocycles. The predicted molar refractivity (Wildman–Crippen MR) is 93.0 cm³/mol. The highest BCUT2D eigenvalue weighted by molar-refractivity contribution is 7.93. The SMILES string of the molecule is CC(CCC(=O)O)NC(=O)CN1c2cccc3cccc(c23)S1(=O)=O. The molecule has 0 bridgehead atoms. The largest absolute Gasteiger partial charge is 0.481 e. The monoisotopic (exact) mass is 362 g/mol. The van der Waals surface area contributed by atoms with Crippen molar-refractivity contribution in [3.63, 3.8) is 0 Å². The van der Waals surface area contributed by atoms with Crippen LogP contribution < -0.4 is 9.62 Å². The van der Waals surface area contributed by atoms with E-state index in [1.54, 1.807) is 25.1 Å². The van der Waals surface area contributed by atoms with Crippen LogP contribution in [-0.4, -0.2) is 38.0 Å². The van der Waals surface area contributed by atoms with Gasteiger partial charge in [-0.1, -0.05) is 24.3 Å². The number of nitrogens with one attached hydrogen (secondary N) is 1. The van der Waals surface area contributed by atoms with Crippen LogP contribution in [0.4, 0.5) is 5.69 Å². The second-order valence-corrected chi connectivity index (χ2v) is 7.87. The Balaban J connectivity index is 1.81. The average molecular weight is 362 g/mol. The molecular weight excluding hydrogens is 344 g/mol. The van der Waals surface area contributed by atoms with Crippen LogP contribution in [0.3, 0.4) is 0 Å². The van der Waals surface area contributed by atoms with Gasteiger partial charge in [0.15, 0.2) is 0 Å². The lowest BCUT2D eigenvalue weighted by Gasteiger charge is -2.20. The van der Waals surface area contributed by atoms with E-state index in [0.29, 0.717) is 11.1 Å². The van der Waals surface area contributed by atoms with Crippen LogP contribution in [0.15, 0.2) is 41.3 Å². The number of hydrogen-bond acceptors (Lipinski definition) is 4. The van der Waals surface area contributed by atoms with Gasteiger partial charge in [0.2, 0.25) is 5.91 Å². The minimum atomic E-state index is -3.78. The molecule has 0 saturated carbocycles. The zero-order valence-electron chi connectivity index (χ0n) is 13.6. The lowest BCUT2D eigenvalue weighted by atomic mass is 10.1. The summed E-state index contributed by atoms with van der Waals surface area (Å²) in [7, 11) is -3.78. The van der Waals surface area contributed by atoms with Crippen molar-refractivity contribution in [2.75, 3.05) is 10.8 Å². The number of carbonyl (C=O) groups is 2. The van der Waals surface area contributed by atoms with Gasteiger partial charge < -0.3 is 10.4 Å². The lowest BCUT2D eigenvalue weighted by Crippen LogP contribution is -2.42. The predicted octanol–water partition coefficient (Wildman–Crippen LogP) is 1.72. The number of benzene rings is 2. The molecule has 7 nitrogen and oxygen atoms in total. The second-order valence-electron chi connectivity index (χ2n) is 6.04. The van der Waals surface area contributed by atoms with E-state index in [2.05, 4.69) is 5.32 Å². The van der Waals surface area contributed by atoms with Crippen molar-refractivity contribution < 1.29 is 23.1 Å². The van der Waals surface area contributed by atoms with Gasteiger partial charge >= 0.3 is 5.97 Å². The third kappa shape index (κ3) is 3.17. The van der Waals surface area contributed by atoms with Gasteiger partial charge in [-0.3, -0.25) is 13.9 Å². The Morgan fingerprint density at radius 1 is 1.20 bits per heavy atom. The first-order chi connectivity index (χ1) is 11.8. The number of anilines is 1. The molecule has 25 heavy (non-hydrogen) atoms. The van der Waals surface area contributed by atoms with Crippen molar-refractivity contribution in [2.45, 2.75) is 30.7 Å². The van der Waals surface area contributed by atoms with Crippen molar-refractivity contribution in [3.8, 4) is 0 Å². The molecule has 1 amide bonds. The van der Waals surface area contributed by atoms with Crippen LogP contribution in [0.5, 0.6) is 0 Å². The fraction of sp³-hybridized carbons (Fsp3) is 0.294. The average Bonchev–Trinajstić information content (AvgIpc) is 2.77. The number of amides is 1. The summed E-state index contributed by atoms with van der Waals surface area (Å²) >= 11 is 0. The van der Waals surface area contributed by atoms with Crippen LogP contribution in [0.25, 0.3) is 10.8 Å². The van der Waals surface area contributed by atoms with E-state index < -0.39 is 21.9 Å². The highest BCUT2D eigenvalue weighted by atomic mass is 32.2. The molecule has 1 aliphatic heterocycles. The molecule has 1 aliphatic rings. The van der Waals surface area contributed by atoms with Gasteiger partial charge in [-0.2, -0.15) is 0 Å². The summed E-state index contributed by atoms with van der Waals surface area (Å²) in [4.78, 5) is 23.0. The molecule has 1 atom stereocenters. The van der Waals surface area contributed by atoms with Crippen molar-refractivity contribution >= 4 is 38.4 Å². The van der Waals surface area contributed by atoms with E-state index in [1.807, 2.05) is 12.1 Å². The quantitative estimate of drug-likeness (QED) is 0.814. The molecule has 3 rings (SSSR count). The summed E-state index contributed by atoms with van der Waals surface area (Å²) in [5.74, 6) is -1.41. The summed E-state index contributed by atoms with van der Waals surface area (Å²) in [6.07, 6.45) is 0.220. The number of carboxylic acid groups (broad SMARTS) is 1. The molecule has 2 N–H and O–H groups in total. The van der Waals surface area contributed by atoms with E-state index in [0.717, 1.165) is 9.69 Å². The van der Waals surface area contributed by atoms with Crippen LogP contribution in [0, 0.1) is 0 Å². The Hall–Kier alpha value is -2.61. The van der Waals surface area contributed by atoms with Crippen LogP contribution in [-0.2, 0) is 19.6 Å². The Morgan fingerprint density at radius 2 is 1.88 bits per heavy atom. The molecule has 0 spiro atoms. The van der Waals surface area contributed by atoms with Crippen molar-refractivity contribution in [3.05, 3.63) is 36.4 Å². The molecule has 8 heteroatoms. The Bertz CT molecular complexity index is 949. The van der Waals surface area contributed by atoms with E-state index in [4.69, 9.17) is 5.11 Å². The molecule has 0 aromatic heterocycles. The summed E-state index contributed by atoms with van der Waals surface area (Å²) in [5, 5.41) is 12.8. The fourth-order valence-electron chi connectivity index (χ4n) is 2.99. The van der Waals surface area contributed by atoms with E-state index in [1.165, 1.54) is 6.07 Å². The number of carbonyl (C=O) groups excluding carboxylic acids is 1. The Labute approximate surface area is 145 Å². The van der Waals surface area contributed by atoms with E-state index >= 15 is 0 Å². The molecule has 2 aromatic carbocycles. The number of hydrogen-bond donors (Lipinski definition) is 2. The maximum Gasteiger partial charge on any atom is 0.303 e. The third-order valence-corrected chi connectivity index (χ3v) is 5.97. The van der Waals surface area contributed by atoms with Crippen LogP contribution >= 0.6 is 0 Å². The first kappa shape index (κ1) is 17.2. The molecule has 1 heterocycles. The topological polar surface area (TPSA) is 104 Å². The first-order valence-electron chi connectivity index (χ1n) is 7.86. The summed E-state index contributed by atoms with van der Waals surface area (Å²) in [6, 6.07) is 9.95. The number of rotatable bonds is 6. The number of nitrogens with zero attached hydrogens (tertiary/aromatic N) is 1. The van der Waals surface area contributed by atoms with E-state index in [-0.39, 0.29) is 30.3 Å². The van der Waals surface area contributed by atoms with Gasteiger partial charge in [0.1, 0.15) is 6.54 Å².